The summed E-state index contributed by atoms with van der Waals surface area (Å²) < 4.78 is 18.7. The van der Waals surface area contributed by atoms with Gasteiger partial charge in [0.1, 0.15) is 23.3 Å². The summed E-state index contributed by atoms with van der Waals surface area (Å²) in [4.78, 5) is 18.8. The third-order valence-electron chi connectivity index (χ3n) is 5.87. The molecule has 0 saturated carbocycles. The van der Waals surface area contributed by atoms with Crippen LogP contribution in [0.3, 0.4) is 0 Å². The number of nitrogens with one attached hydrogen (secondary N) is 1. The van der Waals surface area contributed by atoms with Crippen LogP contribution in [-0.4, -0.2) is 52.2 Å². The molecule has 4 heterocycles. The first-order valence-corrected chi connectivity index (χ1v) is 11.3. The Morgan fingerprint density at radius 3 is 2.65 bits per heavy atom. The average molecular weight is 468 g/mol. The lowest BCUT2D eigenvalue weighted by Gasteiger charge is -2.31. The van der Waals surface area contributed by atoms with E-state index in [1.165, 1.54) is 6.33 Å². The fourth-order valence-electron chi connectivity index (χ4n) is 4.33. The number of rotatable bonds is 3. The predicted octanol–water partition coefficient (Wildman–Crippen LogP) is 2.98. The van der Waals surface area contributed by atoms with Crippen molar-refractivity contribution in [2.24, 2.45) is 5.73 Å². The fraction of sp³-hybridized carbons (Fsp3) is 0.435. The minimum atomic E-state index is -0.623. The second-order valence-corrected chi connectivity index (χ2v) is 9.50. The predicted molar refractivity (Wildman–Crippen MR) is 128 cm³/mol. The summed E-state index contributed by atoms with van der Waals surface area (Å²) in [6.45, 7) is 7.10. The number of amides is 1. The van der Waals surface area contributed by atoms with E-state index in [-0.39, 0.29) is 12.8 Å². The van der Waals surface area contributed by atoms with Gasteiger partial charge in [-0.05, 0) is 51.8 Å². The highest BCUT2D eigenvalue weighted by molar-refractivity contribution is 5.96. The smallest absolute Gasteiger partial charge is 0.412 e. The SMILES string of the molecule is CC(C)(C)OC(=O)Nc1ccc(-c2cc(N3CCC(N)CC3)n3ncnc(N)c23)c2c1OCO2. The summed E-state index contributed by atoms with van der Waals surface area (Å²) in [6, 6.07) is 5.86. The largest absolute Gasteiger partial charge is 0.453 e. The quantitative estimate of drug-likeness (QED) is 0.530. The van der Waals surface area contributed by atoms with Gasteiger partial charge >= 0.3 is 6.09 Å². The molecule has 11 heteroatoms. The third kappa shape index (κ3) is 4.03. The third-order valence-corrected chi connectivity index (χ3v) is 5.87. The molecule has 0 unspecified atom stereocenters. The molecule has 1 fully saturated rings. The van der Waals surface area contributed by atoms with Crippen LogP contribution in [0.2, 0.25) is 0 Å². The molecule has 5 N–H and O–H groups in total. The van der Waals surface area contributed by atoms with Crippen LogP contribution in [0.25, 0.3) is 16.6 Å². The molecule has 0 atom stereocenters. The summed E-state index contributed by atoms with van der Waals surface area (Å²) in [5.41, 5.74) is 14.5. The van der Waals surface area contributed by atoms with Crippen molar-refractivity contribution in [2.75, 3.05) is 35.8 Å². The molecule has 0 bridgehead atoms. The van der Waals surface area contributed by atoms with Crippen molar-refractivity contribution in [1.29, 1.82) is 0 Å². The molecule has 0 radical (unpaired) electrons. The first kappa shape index (κ1) is 22.1. The van der Waals surface area contributed by atoms with Crippen molar-refractivity contribution < 1.29 is 19.0 Å². The summed E-state index contributed by atoms with van der Waals surface area (Å²) in [6.07, 6.45) is 2.68. The molecule has 3 aromatic rings. The number of fused-ring (bicyclic) bond motifs is 2. The maximum Gasteiger partial charge on any atom is 0.412 e. The first-order valence-electron chi connectivity index (χ1n) is 11.3. The number of hydrogen-bond acceptors (Lipinski definition) is 9. The van der Waals surface area contributed by atoms with E-state index in [1.807, 2.05) is 16.6 Å². The molecule has 1 amide bonds. The van der Waals surface area contributed by atoms with Crippen LogP contribution in [0, 0.1) is 0 Å². The number of carbonyl (C=O) groups excluding carboxylic acids is 1. The Kier molecular flexibility index (Phi) is 5.35. The molecule has 0 spiro atoms. The fourth-order valence-corrected chi connectivity index (χ4v) is 4.33. The number of piperidine rings is 1. The lowest BCUT2D eigenvalue weighted by molar-refractivity contribution is 0.0635. The van der Waals surface area contributed by atoms with Gasteiger partial charge in [-0.3, -0.25) is 5.32 Å². The molecule has 180 valence electrons. The maximum absolute atomic E-state index is 12.3. The number of carbonyl (C=O) groups is 1. The number of nitrogen functional groups attached to an aromatic ring is 1. The van der Waals surface area contributed by atoms with Gasteiger partial charge in [-0.25, -0.2) is 14.3 Å². The highest BCUT2D eigenvalue weighted by Gasteiger charge is 2.29. The van der Waals surface area contributed by atoms with Crippen LogP contribution in [0.15, 0.2) is 24.5 Å². The second-order valence-electron chi connectivity index (χ2n) is 9.50. The molecule has 1 saturated heterocycles. The Morgan fingerprint density at radius 1 is 1.18 bits per heavy atom. The summed E-state index contributed by atoms with van der Waals surface area (Å²) >= 11 is 0. The molecule has 1 aromatic carbocycles. The number of aromatic nitrogens is 3. The molecule has 2 aliphatic heterocycles. The van der Waals surface area contributed by atoms with E-state index >= 15 is 0 Å². The molecule has 34 heavy (non-hydrogen) atoms. The van der Waals surface area contributed by atoms with Gasteiger partial charge in [0.15, 0.2) is 17.3 Å². The van der Waals surface area contributed by atoms with Crippen LogP contribution in [0.5, 0.6) is 11.5 Å². The zero-order valence-corrected chi connectivity index (χ0v) is 19.5. The highest BCUT2D eigenvalue weighted by Crippen LogP contribution is 2.48. The van der Waals surface area contributed by atoms with Gasteiger partial charge in [-0.2, -0.15) is 5.10 Å². The Bertz CT molecular complexity index is 1240. The topological polar surface area (TPSA) is 142 Å². The molecular formula is C23H29N7O4. The Hall–Kier alpha value is -3.73. The highest BCUT2D eigenvalue weighted by atomic mass is 16.7. The minimum Gasteiger partial charge on any atom is -0.453 e. The molecule has 11 nitrogen and oxygen atoms in total. The van der Waals surface area contributed by atoms with E-state index in [4.69, 9.17) is 25.7 Å². The minimum absolute atomic E-state index is 0.0317. The van der Waals surface area contributed by atoms with Crippen molar-refractivity contribution in [3.8, 4) is 22.6 Å². The lowest BCUT2D eigenvalue weighted by Crippen LogP contribution is -2.40. The van der Waals surface area contributed by atoms with E-state index in [9.17, 15) is 4.79 Å². The summed E-state index contributed by atoms with van der Waals surface area (Å²) in [7, 11) is 0. The molecule has 0 aliphatic carbocycles. The van der Waals surface area contributed by atoms with Crippen LogP contribution < -0.4 is 31.2 Å². The Labute approximate surface area is 197 Å². The summed E-state index contributed by atoms with van der Waals surface area (Å²) in [5, 5.41) is 7.22. The molecule has 2 aromatic heterocycles. The Morgan fingerprint density at radius 2 is 1.91 bits per heavy atom. The zero-order chi connectivity index (χ0) is 24.0. The van der Waals surface area contributed by atoms with Crippen LogP contribution in [0.1, 0.15) is 33.6 Å². The van der Waals surface area contributed by atoms with Gasteiger partial charge in [0.2, 0.25) is 6.79 Å². The van der Waals surface area contributed by atoms with E-state index in [0.717, 1.165) is 42.9 Å². The van der Waals surface area contributed by atoms with Gasteiger partial charge in [0, 0.05) is 30.3 Å². The standard InChI is InChI=1S/C23H29N7O4/c1-23(2,3)34-22(31)28-16-5-4-14(19-20(16)33-12-32-19)15-10-17(29-8-6-13(24)7-9-29)30-18(15)21(25)26-11-27-30/h4-5,10-11,13H,6-9,12,24H2,1-3H3,(H,28,31)(H2,25,26,27). The van der Waals surface area contributed by atoms with E-state index in [1.54, 1.807) is 26.8 Å². The molecule has 5 rings (SSSR count). The van der Waals surface area contributed by atoms with Crippen molar-refractivity contribution in [2.45, 2.75) is 45.3 Å². The number of hydrogen-bond donors (Lipinski definition) is 3. The van der Waals surface area contributed by atoms with Crippen molar-refractivity contribution in [3.05, 3.63) is 24.5 Å². The molecular weight excluding hydrogens is 438 g/mol. The molecule has 2 aliphatic rings. The van der Waals surface area contributed by atoms with E-state index < -0.39 is 11.7 Å². The van der Waals surface area contributed by atoms with Gasteiger partial charge in [0.05, 0.1) is 5.69 Å². The van der Waals surface area contributed by atoms with Gasteiger partial charge < -0.3 is 30.6 Å². The number of anilines is 3. The van der Waals surface area contributed by atoms with Crippen molar-refractivity contribution >= 4 is 28.9 Å². The van der Waals surface area contributed by atoms with Gasteiger partial charge in [0.25, 0.3) is 0 Å². The van der Waals surface area contributed by atoms with Crippen LogP contribution >= 0.6 is 0 Å². The first-order chi connectivity index (χ1) is 16.2. The summed E-state index contributed by atoms with van der Waals surface area (Å²) in [5.74, 6) is 2.21. The van der Waals surface area contributed by atoms with Crippen molar-refractivity contribution in [3.63, 3.8) is 0 Å². The lowest BCUT2D eigenvalue weighted by atomic mass is 10.0. The van der Waals surface area contributed by atoms with Crippen molar-refractivity contribution in [1.82, 2.24) is 14.6 Å². The number of nitrogens with zero attached hydrogens (tertiary/aromatic N) is 4. The number of benzene rings is 1. The zero-order valence-electron chi connectivity index (χ0n) is 19.5. The second kappa shape index (κ2) is 8.24. The van der Waals surface area contributed by atoms with Gasteiger partial charge in [-0.1, -0.05) is 0 Å². The van der Waals surface area contributed by atoms with Gasteiger partial charge in [-0.15, -0.1) is 0 Å². The normalized spacial score (nSPS) is 16.2. The number of nitrogens with two attached hydrogens (primary N) is 2. The average Bonchev–Trinajstić information content (AvgIpc) is 3.40. The monoisotopic (exact) mass is 467 g/mol. The van der Waals surface area contributed by atoms with Crippen LogP contribution in [0.4, 0.5) is 22.1 Å². The van der Waals surface area contributed by atoms with E-state index in [0.29, 0.717) is 28.5 Å². The van der Waals surface area contributed by atoms with Crippen LogP contribution in [-0.2, 0) is 4.74 Å². The maximum atomic E-state index is 12.3. The van der Waals surface area contributed by atoms with E-state index in [2.05, 4.69) is 20.3 Å². The Balaban J connectivity index is 1.57. The number of ether oxygens (including phenoxy) is 3.